The Kier molecular flexibility index (Phi) is 5.02. The lowest BCUT2D eigenvalue weighted by atomic mass is 9.95. The second-order valence-corrected chi connectivity index (χ2v) is 4.93. The van der Waals surface area contributed by atoms with E-state index >= 15 is 0 Å². The van der Waals surface area contributed by atoms with E-state index in [1.165, 1.54) is 0 Å². The standard InChI is InChI=1S/C13H20N2O3/c1-4-5-11(12(16)17)14-13(18)15-8-9(2)6-7-10(15)3/h1,9-11H,5-8H2,2-3H3,(H,14,18)(H,16,17). The van der Waals surface area contributed by atoms with Crippen molar-refractivity contribution in [2.45, 2.75) is 45.2 Å². The molecule has 3 unspecified atom stereocenters. The molecule has 2 amide bonds. The SMILES string of the molecule is C#CCC(NC(=O)N1CC(C)CCC1C)C(=O)O. The lowest BCUT2D eigenvalue weighted by molar-refractivity contribution is -0.139. The van der Waals surface area contributed by atoms with Gasteiger partial charge in [-0.1, -0.05) is 6.92 Å². The van der Waals surface area contributed by atoms with Crippen molar-refractivity contribution in [3.63, 3.8) is 0 Å². The molecular weight excluding hydrogens is 232 g/mol. The molecule has 0 saturated carbocycles. The second-order valence-electron chi connectivity index (χ2n) is 4.93. The normalized spacial score (nSPS) is 25.1. The molecule has 0 spiro atoms. The van der Waals surface area contributed by atoms with Crippen molar-refractivity contribution in [3.05, 3.63) is 0 Å². The number of hydrogen-bond donors (Lipinski definition) is 2. The smallest absolute Gasteiger partial charge is 0.327 e. The first kappa shape index (κ1) is 14.4. The highest BCUT2D eigenvalue weighted by molar-refractivity contribution is 5.83. The van der Waals surface area contributed by atoms with Crippen LogP contribution >= 0.6 is 0 Å². The van der Waals surface area contributed by atoms with E-state index < -0.39 is 12.0 Å². The summed E-state index contributed by atoms with van der Waals surface area (Å²) in [4.78, 5) is 24.6. The van der Waals surface area contributed by atoms with Gasteiger partial charge in [0, 0.05) is 19.0 Å². The van der Waals surface area contributed by atoms with Gasteiger partial charge in [0.25, 0.3) is 0 Å². The number of nitrogens with zero attached hydrogens (tertiary/aromatic N) is 1. The largest absolute Gasteiger partial charge is 0.480 e. The molecule has 0 aromatic carbocycles. The highest BCUT2D eigenvalue weighted by atomic mass is 16.4. The van der Waals surface area contributed by atoms with E-state index in [0.717, 1.165) is 12.8 Å². The summed E-state index contributed by atoms with van der Waals surface area (Å²) < 4.78 is 0. The van der Waals surface area contributed by atoms with Crippen molar-refractivity contribution >= 4 is 12.0 Å². The van der Waals surface area contributed by atoms with Crippen LogP contribution in [0.25, 0.3) is 0 Å². The minimum absolute atomic E-state index is 0.00114. The third-order valence-corrected chi connectivity index (χ3v) is 3.30. The molecule has 1 aliphatic rings. The third-order valence-electron chi connectivity index (χ3n) is 3.30. The number of carbonyl (C=O) groups excluding carboxylic acids is 1. The summed E-state index contributed by atoms with van der Waals surface area (Å²) in [6.45, 7) is 4.72. The number of urea groups is 1. The van der Waals surface area contributed by atoms with Crippen molar-refractivity contribution < 1.29 is 14.7 Å². The fraction of sp³-hybridized carbons (Fsp3) is 0.692. The monoisotopic (exact) mass is 252 g/mol. The molecule has 1 aliphatic heterocycles. The van der Waals surface area contributed by atoms with Crippen LogP contribution in [0.5, 0.6) is 0 Å². The highest BCUT2D eigenvalue weighted by Crippen LogP contribution is 2.21. The summed E-state index contributed by atoms with van der Waals surface area (Å²) in [5.41, 5.74) is 0. The van der Waals surface area contributed by atoms with Crippen LogP contribution in [0.15, 0.2) is 0 Å². The number of nitrogens with one attached hydrogen (secondary N) is 1. The highest BCUT2D eigenvalue weighted by Gasteiger charge is 2.29. The molecule has 3 atom stereocenters. The zero-order valence-corrected chi connectivity index (χ0v) is 10.8. The predicted octanol–water partition coefficient (Wildman–Crippen LogP) is 1.29. The molecule has 5 heteroatoms. The molecule has 100 valence electrons. The van der Waals surface area contributed by atoms with E-state index in [-0.39, 0.29) is 18.5 Å². The molecule has 0 aromatic rings. The summed E-state index contributed by atoms with van der Waals surface area (Å²) in [6, 6.07) is -1.20. The average molecular weight is 252 g/mol. The van der Waals surface area contributed by atoms with Gasteiger partial charge in [-0.05, 0) is 25.7 Å². The number of piperidine rings is 1. The first-order valence-corrected chi connectivity index (χ1v) is 6.19. The average Bonchev–Trinajstić information content (AvgIpc) is 2.31. The van der Waals surface area contributed by atoms with Crippen LogP contribution in [0.2, 0.25) is 0 Å². The minimum atomic E-state index is -1.10. The van der Waals surface area contributed by atoms with Crippen molar-refractivity contribution in [1.29, 1.82) is 0 Å². The Labute approximate surface area is 108 Å². The van der Waals surface area contributed by atoms with E-state index in [4.69, 9.17) is 11.5 Å². The van der Waals surface area contributed by atoms with E-state index in [1.54, 1.807) is 4.90 Å². The Morgan fingerprint density at radius 3 is 2.72 bits per heavy atom. The molecule has 0 bridgehead atoms. The van der Waals surface area contributed by atoms with E-state index in [9.17, 15) is 9.59 Å². The van der Waals surface area contributed by atoms with Gasteiger partial charge < -0.3 is 15.3 Å². The Morgan fingerprint density at radius 2 is 2.17 bits per heavy atom. The summed E-state index contributed by atoms with van der Waals surface area (Å²) in [5, 5.41) is 11.4. The summed E-state index contributed by atoms with van der Waals surface area (Å²) in [5.74, 6) is 1.61. The summed E-state index contributed by atoms with van der Waals surface area (Å²) in [6.07, 6.45) is 7.13. The zero-order chi connectivity index (χ0) is 13.7. The van der Waals surface area contributed by atoms with Crippen LogP contribution in [0.3, 0.4) is 0 Å². The summed E-state index contributed by atoms with van der Waals surface area (Å²) in [7, 11) is 0. The topological polar surface area (TPSA) is 69.6 Å². The summed E-state index contributed by atoms with van der Waals surface area (Å²) >= 11 is 0. The van der Waals surface area contributed by atoms with Gasteiger partial charge in [-0.25, -0.2) is 9.59 Å². The van der Waals surface area contributed by atoms with Crippen molar-refractivity contribution in [2.75, 3.05) is 6.54 Å². The quantitative estimate of drug-likeness (QED) is 0.744. The van der Waals surface area contributed by atoms with Gasteiger partial charge in [0.15, 0.2) is 0 Å². The first-order chi connectivity index (χ1) is 8.45. The minimum Gasteiger partial charge on any atom is -0.480 e. The first-order valence-electron chi connectivity index (χ1n) is 6.19. The maximum absolute atomic E-state index is 12.0. The molecular formula is C13H20N2O3. The lowest BCUT2D eigenvalue weighted by Crippen LogP contribution is -2.53. The molecule has 1 heterocycles. The number of carboxylic acid groups (broad SMARTS) is 1. The van der Waals surface area contributed by atoms with Crippen LogP contribution in [-0.2, 0) is 4.79 Å². The van der Waals surface area contributed by atoms with Gasteiger partial charge in [0.05, 0.1) is 0 Å². The molecule has 1 saturated heterocycles. The van der Waals surface area contributed by atoms with Crippen molar-refractivity contribution in [1.82, 2.24) is 10.2 Å². The van der Waals surface area contributed by atoms with E-state index in [1.807, 2.05) is 6.92 Å². The zero-order valence-electron chi connectivity index (χ0n) is 10.8. The van der Waals surface area contributed by atoms with Gasteiger partial charge in [-0.3, -0.25) is 0 Å². The van der Waals surface area contributed by atoms with Crippen LogP contribution in [0, 0.1) is 18.3 Å². The van der Waals surface area contributed by atoms with Crippen molar-refractivity contribution in [3.8, 4) is 12.3 Å². The van der Waals surface area contributed by atoms with Gasteiger partial charge >= 0.3 is 12.0 Å². The number of carbonyl (C=O) groups is 2. The lowest BCUT2D eigenvalue weighted by Gasteiger charge is -2.37. The van der Waals surface area contributed by atoms with Gasteiger partial charge in [0.2, 0.25) is 0 Å². The Morgan fingerprint density at radius 1 is 1.50 bits per heavy atom. The number of amides is 2. The molecule has 1 rings (SSSR count). The maximum Gasteiger partial charge on any atom is 0.327 e. The van der Waals surface area contributed by atoms with Crippen LogP contribution in [-0.4, -0.2) is 40.6 Å². The molecule has 1 fully saturated rings. The molecule has 5 nitrogen and oxygen atoms in total. The molecule has 0 aliphatic carbocycles. The van der Waals surface area contributed by atoms with Crippen LogP contribution in [0.1, 0.15) is 33.1 Å². The Balaban J connectivity index is 2.62. The van der Waals surface area contributed by atoms with Gasteiger partial charge in [0.1, 0.15) is 6.04 Å². The predicted molar refractivity (Wildman–Crippen MR) is 68.0 cm³/mol. The third kappa shape index (κ3) is 3.66. The fourth-order valence-corrected chi connectivity index (χ4v) is 2.12. The number of hydrogen-bond acceptors (Lipinski definition) is 2. The molecule has 0 radical (unpaired) electrons. The number of carboxylic acids is 1. The number of aliphatic carboxylic acids is 1. The molecule has 18 heavy (non-hydrogen) atoms. The molecule has 2 N–H and O–H groups in total. The van der Waals surface area contributed by atoms with Crippen LogP contribution in [0.4, 0.5) is 4.79 Å². The number of terminal acetylenes is 1. The fourth-order valence-electron chi connectivity index (χ4n) is 2.12. The second kappa shape index (κ2) is 6.29. The van der Waals surface area contributed by atoms with Gasteiger partial charge in [-0.15, -0.1) is 12.3 Å². The van der Waals surface area contributed by atoms with Gasteiger partial charge in [-0.2, -0.15) is 0 Å². The van der Waals surface area contributed by atoms with Crippen LogP contribution < -0.4 is 5.32 Å². The van der Waals surface area contributed by atoms with Crippen molar-refractivity contribution in [2.24, 2.45) is 5.92 Å². The maximum atomic E-state index is 12.0. The van der Waals surface area contributed by atoms with E-state index in [2.05, 4.69) is 18.2 Å². The number of likely N-dealkylation sites (tertiary alicyclic amines) is 1. The number of rotatable bonds is 3. The Bertz CT molecular complexity index is 362. The Hall–Kier alpha value is -1.70. The van der Waals surface area contributed by atoms with E-state index in [0.29, 0.717) is 12.5 Å². The molecule has 0 aromatic heterocycles.